The lowest BCUT2D eigenvalue weighted by Gasteiger charge is -2.24. The maximum atomic E-state index is 13.0. The topological polar surface area (TPSA) is 108 Å². The van der Waals surface area contributed by atoms with E-state index in [1.165, 1.54) is 83.5 Å². The Morgan fingerprint density at radius 1 is 0.647 bits per heavy atom. The number of rotatable bonds is 38. The van der Waals surface area contributed by atoms with Crippen molar-refractivity contribution in [2.45, 2.75) is 193 Å². The van der Waals surface area contributed by atoms with Crippen LogP contribution in [0.3, 0.4) is 0 Å². The lowest BCUT2D eigenvalue weighted by molar-refractivity contribution is -0.870. The van der Waals surface area contributed by atoms with E-state index in [1.54, 1.807) is 21.1 Å². The molecule has 51 heavy (non-hydrogen) atoms. The maximum Gasteiger partial charge on any atom is 0.472 e. The second kappa shape index (κ2) is 34.5. The first kappa shape index (κ1) is 40.9. The average molecular weight is 752 g/mol. The Morgan fingerprint density at radius 2 is 1.06 bits per heavy atom. The van der Waals surface area contributed by atoms with Crippen LogP contribution in [0.4, 0.5) is 0 Å². The fourth-order valence-corrected chi connectivity index (χ4v) is 5.95. The van der Waals surface area contributed by atoms with E-state index in [1.807, 2.05) is 0 Å². The number of likely N-dealkylation sites (N-methyl/N-ethyl adjacent to an activating group) is 1. The molecule has 1 unspecified atom stereocenters. The van der Waals surface area contributed by atoms with Gasteiger partial charge in [0, 0.05) is 12.8 Å². The minimum Gasteiger partial charge on any atom is -0.462 e. The molecule has 0 aliphatic carbocycles. The number of carbonyl (C=O) groups excluding carboxylic acids is 2. The molecule has 0 radical (unpaired) electrons. The van der Waals surface area contributed by atoms with Gasteiger partial charge in [0.25, 0.3) is 0 Å². The Morgan fingerprint density at radius 3 is 1.53 bits per heavy atom. The minimum atomic E-state index is -5.25. The Labute approximate surface area is 321 Å². The van der Waals surface area contributed by atoms with Gasteiger partial charge in [0.2, 0.25) is 0 Å². The summed E-state index contributed by atoms with van der Waals surface area (Å²) in [7, 11) is 0.157. The first-order chi connectivity index (χ1) is 26.3. The number of phosphoric acid groups is 1. The average Bonchev–Trinajstić information content (AvgIpc) is 3.08. The number of nitrogens with zero attached hydrogens (tertiary/aromatic N) is 1. The SMILES string of the molecule is [2H]C([2H])(OC(=O)CCCCCCCCCCCCCCCC)[C@@]([2H])(OC(=O)CCCCCCC/C=C/CCCCCC)C([2H])([2H])OP(=O)(O)OCC[N+](C)(C)C. The number of ether oxygens (including phenoxy) is 2. The van der Waals surface area contributed by atoms with E-state index in [4.69, 9.17) is 25.4 Å². The van der Waals surface area contributed by atoms with Crippen LogP contribution in [-0.4, -0.2) is 74.8 Å². The van der Waals surface area contributed by atoms with Crippen molar-refractivity contribution < 1.29 is 48.9 Å². The molecule has 0 saturated heterocycles. The zero-order valence-electron chi connectivity index (χ0n) is 38.4. The molecule has 9 nitrogen and oxygen atoms in total. The van der Waals surface area contributed by atoms with Crippen LogP contribution in [-0.2, 0) is 32.7 Å². The van der Waals surface area contributed by atoms with Crippen LogP contribution >= 0.6 is 7.82 Å². The van der Waals surface area contributed by atoms with Crippen LogP contribution in [0.1, 0.15) is 194 Å². The van der Waals surface area contributed by atoms with Gasteiger partial charge < -0.3 is 18.9 Å². The second-order valence-electron chi connectivity index (χ2n) is 14.9. The molecule has 0 bridgehead atoms. The molecule has 10 heteroatoms. The molecule has 0 aromatic carbocycles. The van der Waals surface area contributed by atoms with Gasteiger partial charge >= 0.3 is 19.8 Å². The van der Waals surface area contributed by atoms with Crippen LogP contribution in [0.5, 0.6) is 0 Å². The quantitative estimate of drug-likeness (QED) is 0.0218. The Balaban J connectivity index is 5.14. The summed E-state index contributed by atoms with van der Waals surface area (Å²) in [6, 6.07) is 0. The summed E-state index contributed by atoms with van der Waals surface area (Å²) in [5.41, 5.74) is 0. The number of esters is 2. The predicted octanol–water partition coefficient (Wildman–Crippen LogP) is 11.4. The molecule has 0 saturated carbocycles. The third-order valence-electron chi connectivity index (χ3n) is 8.62. The number of hydrogen-bond acceptors (Lipinski definition) is 7. The monoisotopic (exact) mass is 752 g/mol. The van der Waals surface area contributed by atoms with Crippen LogP contribution < -0.4 is 0 Å². The molecule has 0 aromatic heterocycles. The summed E-state index contributed by atoms with van der Waals surface area (Å²) < 4.78 is 75.3. The van der Waals surface area contributed by atoms with Crippen molar-refractivity contribution in [3.8, 4) is 0 Å². The number of hydrogen-bond donors (Lipinski definition) is 1. The smallest absolute Gasteiger partial charge is 0.462 e. The molecule has 1 N–H and O–H groups in total. The molecule has 0 aliphatic heterocycles. The molecule has 0 aliphatic rings. The molecular formula is C41H81NO8P+. The normalized spacial score (nSPS) is 16.4. The van der Waals surface area contributed by atoms with E-state index in [9.17, 15) is 19.0 Å². The number of carbonyl (C=O) groups is 2. The van der Waals surface area contributed by atoms with Crippen molar-refractivity contribution in [1.29, 1.82) is 0 Å². The van der Waals surface area contributed by atoms with Gasteiger partial charge in [0.1, 0.15) is 19.7 Å². The summed E-state index contributed by atoms with van der Waals surface area (Å²) in [5, 5.41) is 0. The molecule has 0 fully saturated rings. The Kier molecular flexibility index (Phi) is 27.7. The third kappa shape index (κ3) is 38.3. The van der Waals surface area contributed by atoms with E-state index in [0.29, 0.717) is 30.2 Å². The first-order valence-electron chi connectivity index (χ1n) is 22.9. The molecule has 0 aromatic rings. The summed E-state index contributed by atoms with van der Waals surface area (Å²) in [6.45, 7) is -3.06. The summed E-state index contributed by atoms with van der Waals surface area (Å²) in [5.74, 6) is -2.20. The van der Waals surface area contributed by atoms with Crippen molar-refractivity contribution in [3.05, 3.63) is 12.2 Å². The third-order valence-corrected chi connectivity index (χ3v) is 9.45. The first-order valence-corrected chi connectivity index (χ1v) is 21.9. The van der Waals surface area contributed by atoms with Gasteiger partial charge in [0.05, 0.1) is 34.6 Å². The summed E-state index contributed by atoms with van der Waals surface area (Å²) in [6.07, 6.45) is 26.6. The van der Waals surface area contributed by atoms with Crippen LogP contribution in [0.2, 0.25) is 0 Å². The molecule has 0 amide bonds. The van der Waals surface area contributed by atoms with E-state index in [0.717, 1.165) is 51.4 Å². The highest BCUT2D eigenvalue weighted by Crippen LogP contribution is 2.43. The van der Waals surface area contributed by atoms with Gasteiger partial charge in [-0.25, -0.2) is 4.57 Å². The highest BCUT2D eigenvalue weighted by Gasteiger charge is 2.27. The highest BCUT2D eigenvalue weighted by molar-refractivity contribution is 7.47. The zero-order valence-corrected chi connectivity index (χ0v) is 34.3. The van der Waals surface area contributed by atoms with E-state index in [2.05, 4.69) is 26.0 Å². The predicted molar refractivity (Wildman–Crippen MR) is 211 cm³/mol. The standard InChI is InChI=1S/C41H80NO8P/c1-6-8-10-12-14-16-18-20-22-23-25-27-29-31-33-40(43)47-37-39(38-49-51(45,46)48-36-35-42(3,4)5)50-41(44)34-32-30-28-26-24-21-19-17-15-13-11-9-7-2/h17,19,39H,6-16,18,20-38H2,1-5H3/p+1/b19-17+/t39-/m1/s1/i37D2,38D2,39D. The minimum absolute atomic E-state index is 0.202. The van der Waals surface area contributed by atoms with E-state index < -0.39 is 39.0 Å². The van der Waals surface area contributed by atoms with Gasteiger partial charge in [0.15, 0.2) is 6.08 Å². The Bertz CT molecular complexity index is 1110. The highest BCUT2D eigenvalue weighted by atomic mass is 31.2. The second-order valence-corrected chi connectivity index (χ2v) is 16.2. The van der Waals surface area contributed by atoms with Gasteiger partial charge in [-0.3, -0.25) is 18.6 Å². The van der Waals surface area contributed by atoms with Gasteiger partial charge in [-0.1, -0.05) is 148 Å². The van der Waals surface area contributed by atoms with Crippen LogP contribution in [0.25, 0.3) is 0 Å². The fourth-order valence-electron chi connectivity index (χ4n) is 5.39. The van der Waals surface area contributed by atoms with Gasteiger partial charge in [-0.15, -0.1) is 0 Å². The fraction of sp³-hybridized carbons (Fsp3) is 0.902. The molecule has 0 rings (SSSR count). The molecule has 0 spiro atoms. The number of quaternary nitrogens is 1. The van der Waals surface area contributed by atoms with Crippen LogP contribution in [0, 0.1) is 0 Å². The lowest BCUT2D eigenvalue weighted by Crippen LogP contribution is -2.37. The molecule has 302 valence electrons. The van der Waals surface area contributed by atoms with Crippen molar-refractivity contribution in [2.75, 3.05) is 47.4 Å². The molecule has 0 heterocycles. The van der Waals surface area contributed by atoms with Crippen molar-refractivity contribution >= 4 is 19.8 Å². The van der Waals surface area contributed by atoms with Crippen molar-refractivity contribution in [3.63, 3.8) is 0 Å². The molecule has 2 atom stereocenters. The van der Waals surface area contributed by atoms with Gasteiger partial charge in [-0.2, -0.15) is 0 Å². The maximum absolute atomic E-state index is 13.0. The van der Waals surface area contributed by atoms with Crippen molar-refractivity contribution in [1.82, 2.24) is 0 Å². The largest absolute Gasteiger partial charge is 0.472 e. The van der Waals surface area contributed by atoms with E-state index >= 15 is 0 Å². The molecular weight excluding hydrogens is 665 g/mol. The van der Waals surface area contributed by atoms with E-state index in [-0.39, 0.29) is 26.0 Å². The van der Waals surface area contributed by atoms with Crippen LogP contribution in [0.15, 0.2) is 12.2 Å². The summed E-state index contributed by atoms with van der Waals surface area (Å²) in [4.78, 5) is 36.1. The lowest BCUT2D eigenvalue weighted by atomic mass is 10.0. The Hall–Kier alpha value is -1.25. The zero-order chi connectivity index (χ0) is 42.4. The van der Waals surface area contributed by atoms with Crippen molar-refractivity contribution in [2.24, 2.45) is 0 Å². The van der Waals surface area contributed by atoms with Gasteiger partial charge in [-0.05, 0) is 38.5 Å². The number of phosphoric ester groups is 1. The number of unbranched alkanes of at least 4 members (excludes halogenated alkanes) is 22. The summed E-state index contributed by atoms with van der Waals surface area (Å²) >= 11 is 0. The number of allylic oxidation sites excluding steroid dienone is 2.